The Labute approximate surface area is 235 Å². The van der Waals surface area contributed by atoms with E-state index < -0.39 is 11.7 Å². The molecule has 0 atom stereocenters. The van der Waals surface area contributed by atoms with Crippen molar-refractivity contribution in [3.05, 3.63) is 119 Å². The van der Waals surface area contributed by atoms with Crippen LogP contribution in [0.25, 0.3) is 11.3 Å². The van der Waals surface area contributed by atoms with E-state index in [1.807, 2.05) is 35.7 Å². The number of hydrogen-bond donors (Lipinski definition) is 2. The maximum atomic E-state index is 13.0. The van der Waals surface area contributed by atoms with Gasteiger partial charge in [0.25, 0.3) is 5.91 Å². The molecule has 0 spiro atoms. The smallest absolute Gasteiger partial charge is 0.416 e. The average Bonchev–Trinajstić information content (AvgIpc) is 3.43. The normalized spacial score (nSPS) is 11.3. The molecule has 0 fully saturated rings. The van der Waals surface area contributed by atoms with Crippen molar-refractivity contribution in [1.29, 1.82) is 0 Å². The third-order valence-electron chi connectivity index (χ3n) is 6.30. The lowest BCUT2D eigenvalue weighted by Crippen LogP contribution is -2.25. The number of thiazole rings is 1. The number of halogens is 3. The van der Waals surface area contributed by atoms with Gasteiger partial charge in [0.15, 0.2) is 5.13 Å². The van der Waals surface area contributed by atoms with E-state index in [9.17, 15) is 23.1 Å². The van der Waals surface area contributed by atoms with Gasteiger partial charge in [0.2, 0.25) is 0 Å². The molecule has 2 N–H and O–H groups in total. The van der Waals surface area contributed by atoms with Gasteiger partial charge >= 0.3 is 6.18 Å². The highest BCUT2D eigenvalue weighted by atomic mass is 32.1. The van der Waals surface area contributed by atoms with Crippen LogP contribution in [0.4, 0.5) is 18.3 Å². The first kappa shape index (κ1) is 28.9. The Morgan fingerprint density at radius 3 is 2.33 bits per heavy atom. The number of carbonyl (C=O) groups excluding carboxylic acids is 1. The van der Waals surface area contributed by atoms with Crippen molar-refractivity contribution in [2.24, 2.45) is 0 Å². The predicted octanol–water partition coefficient (Wildman–Crippen LogP) is 7.66. The summed E-state index contributed by atoms with van der Waals surface area (Å²) in [6.07, 6.45) is -2.31. The fourth-order valence-corrected chi connectivity index (χ4v) is 5.00. The topological polar surface area (TPSA) is 65.5 Å². The Morgan fingerprint density at radius 1 is 0.975 bits per heavy atom. The minimum Gasteiger partial charge on any atom is -0.513 e. The molecule has 5 nitrogen and oxygen atoms in total. The Bertz CT molecular complexity index is 1400. The van der Waals surface area contributed by atoms with E-state index in [1.165, 1.54) is 29.0 Å². The van der Waals surface area contributed by atoms with Gasteiger partial charge in [0.1, 0.15) is 0 Å². The van der Waals surface area contributed by atoms with Crippen LogP contribution < -0.4 is 10.2 Å². The highest BCUT2D eigenvalue weighted by Crippen LogP contribution is 2.33. The summed E-state index contributed by atoms with van der Waals surface area (Å²) in [5, 5.41) is 14.6. The van der Waals surface area contributed by atoms with Gasteiger partial charge in [0, 0.05) is 42.6 Å². The maximum absolute atomic E-state index is 13.0. The number of nitrogens with one attached hydrogen (secondary N) is 1. The molecule has 1 aromatic heterocycles. The molecule has 1 heterocycles. The number of carbonyl (C=O) groups is 1. The quantitative estimate of drug-likeness (QED) is 0.173. The van der Waals surface area contributed by atoms with Gasteiger partial charge in [-0.1, -0.05) is 61.2 Å². The van der Waals surface area contributed by atoms with Gasteiger partial charge in [-0.15, -0.1) is 11.3 Å². The molecule has 0 radical (unpaired) electrons. The van der Waals surface area contributed by atoms with Crippen LogP contribution in [0.2, 0.25) is 0 Å². The summed E-state index contributed by atoms with van der Waals surface area (Å²) in [4.78, 5) is 19.3. The number of rotatable bonds is 12. The fraction of sp³-hybridized carbons (Fsp3) is 0.226. The van der Waals surface area contributed by atoms with Crippen LogP contribution in [-0.4, -0.2) is 29.1 Å². The van der Waals surface area contributed by atoms with Gasteiger partial charge in [-0.3, -0.25) is 4.79 Å². The first-order valence-electron chi connectivity index (χ1n) is 12.8. The molecule has 0 saturated carbocycles. The van der Waals surface area contributed by atoms with E-state index in [1.54, 1.807) is 12.1 Å². The molecule has 4 aromatic rings. The monoisotopic (exact) mass is 565 g/mol. The summed E-state index contributed by atoms with van der Waals surface area (Å²) in [5.41, 5.74) is 3.31. The highest BCUT2D eigenvalue weighted by molar-refractivity contribution is 7.14. The molecule has 208 valence electrons. The molecule has 0 unspecified atom stereocenters. The number of anilines is 1. The highest BCUT2D eigenvalue weighted by Gasteiger charge is 2.30. The van der Waals surface area contributed by atoms with E-state index in [4.69, 9.17) is 4.98 Å². The van der Waals surface area contributed by atoms with Crippen molar-refractivity contribution < 1.29 is 23.1 Å². The maximum Gasteiger partial charge on any atom is 0.416 e. The number of aromatic nitrogens is 1. The van der Waals surface area contributed by atoms with Gasteiger partial charge in [-0.05, 0) is 48.2 Å². The number of hydrogen-bond acceptors (Lipinski definition) is 5. The van der Waals surface area contributed by atoms with Crippen LogP contribution in [0.3, 0.4) is 0 Å². The number of aryl methyl sites for hydroxylation is 1. The number of aliphatic hydroxyl groups excluding tert-OH is 1. The molecule has 0 aliphatic rings. The lowest BCUT2D eigenvalue weighted by atomic mass is 10.1. The zero-order chi connectivity index (χ0) is 28.5. The molecule has 0 aliphatic heterocycles. The summed E-state index contributed by atoms with van der Waals surface area (Å²) < 4.78 is 38.9. The van der Waals surface area contributed by atoms with Crippen LogP contribution in [0.1, 0.15) is 39.9 Å². The van der Waals surface area contributed by atoms with Gasteiger partial charge in [0.05, 0.1) is 17.0 Å². The lowest BCUT2D eigenvalue weighted by molar-refractivity contribution is -0.137. The van der Waals surface area contributed by atoms with Gasteiger partial charge < -0.3 is 15.3 Å². The zero-order valence-electron chi connectivity index (χ0n) is 21.8. The van der Waals surface area contributed by atoms with Crippen LogP contribution in [0, 0.1) is 0 Å². The first-order chi connectivity index (χ1) is 19.2. The number of alkyl halides is 3. The molecule has 4 rings (SSSR count). The molecule has 0 saturated heterocycles. The van der Waals surface area contributed by atoms with Crippen molar-refractivity contribution in [2.75, 3.05) is 18.0 Å². The third kappa shape index (κ3) is 8.19. The fourth-order valence-electron chi connectivity index (χ4n) is 4.14. The van der Waals surface area contributed by atoms with Crippen molar-refractivity contribution in [3.8, 4) is 11.3 Å². The van der Waals surface area contributed by atoms with E-state index in [-0.39, 0.29) is 11.7 Å². The van der Waals surface area contributed by atoms with E-state index in [0.717, 1.165) is 42.2 Å². The Morgan fingerprint density at radius 2 is 1.68 bits per heavy atom. The number of nitrogens with zero attached hydrogens (tertiary/aromatic N) is 2. The summed E-state index contributed by atoms with van der Waals surface area (Å²) >= 11 is 1.45. The molecule has 0 bridgehead atoms. The van der Waals surface area contributed by atoms with E-state index in [0.29, 0.717) is 36.3 Å². The summed E-state index contributed by atoms with van der Waals surface area (Å²) in [6, 6.07) is 22.6. The lowest BCUT2D eigenvalue weighted by Gasteiger charge is -2.22. The molecule has 1 amide bonds. The van der Waals surface area contributed by atoms with Crippen LogP contribution in [0.15, 0.2) is 96.6 Å². The van der Waals surface area contributed by atoms with Crippen molar-refractivity contribution in [1.82, 2.24) is 10.3 Å². The van der Waals surface area contributed by atoms with Crippen LogP contribution in [0.5, 0.6) is 0 Å². The summed E-state index contributed by atoms with van der Waals surface area (Å²) in [7, 11) is 0. The van der Waals surface area contributed by atoms with Gasteiger partial charge in [-0.25, -0.2) is 4.98 Å². The molecular weight excluding hydrogens is 535 g/mol. The number of amides is 1. The van der Waals surface area contributed by atoms with Crippen molar-refractivity contribution in [2.45, 2.75) is 32.0 Å². The predicted molar refractivity (Wildman–Crippen MR) is 154 cm³/mol. The Hall–Kier alpha value is -4.11. The van der Waals surface area contributed by atoms with Gasteiger partial charge in [-0.2, -0.15) is 13.2 Å². The Kier molecular flexibility index (Phi) is 9.60. The Balaban J connectivity index is 1.48. The minimum atomic E-state index is -4.38. The first-order valence-corrected chi connectivity index (χ1v) is 13.7. The second-order valence-electron chi connectivity index (χ2n) is 9.37. The van der Waals surface area contributed by atoms with E-state index in [2.05, 4.69) is 28.9 Å². The van der Waals surface area contributed by atoms with Crippen LogP contribution >= 0.6 is 11.3 Å². The van der Waals surface area contributed by atoms with Crippen molar-refractivity contribution in [3.63, 3.8) is 0 Å². The summed E-state index contributed by atoms with van der Waals surface area (Å²) in [6.45, 7) is 5.00. The third-order valence-corrected chi connectivity index (χ3v) is 7.20. The molecule has 3 aromatic carbocycles. The molecule has 0 aliphatic carbocycles. The molecule has 9 heteroatoms. The SMILES string of the molecule is C=C(O)CCNC(=O)c1ccc(CN(CCCc2ccccc2)c2nc(-c3ccc(C(F)(F)F)cc3)cs2)cc1. The zero-order valence-corrected chi connectivity index (χ0v) is 22.6. The number of aliphatic hydroxyl groups is 1. The van der Waals surface area contributed by atoms with E-state index >= 15 is 0 Å². The second-order valence-corrected chi connectivity index (χ2v) is 10.2. The standard InChI is InChI=1S/C31H30F3N3O2S/c1-22(38)17-18-35-29(39)26-11-9-24(10-12-26)20-37(19-5-8-23-6-3-2-4-7-23)30-36-28(21-40-30)25-13-15-27(16-14-25)31(32,33)34/h2-4,6-7,9-16,21,38H,1,5,8,17-20H2,(H,35,39). The largest absolute Gasteiger partial charge is 0.513 e. The van der Waals surface area contributed by atoms with Crippen molar-refractivity contribution >= 4 is 22.4 Å². The van der Waals surface area contributed by atoms with Crippen LogP contribution in [-0.2, 0) is 19.1 Å². The minimum absolute atomic E-state index is 0.0201. The molecule has 40 heavy (non-hydrogen) atoms. The summed E-state index contributed by atoms with van der Waals surface area (Å²) in [5.74, 6) is -0.208. The second kappa shape index (κ2) is 13.3. The average molecular weight is 566 g/mol. The molecular formula is C31H30F3N3O2S. The number of benzene rings is 3.